The summed E-state index contributed by atoms with van der Waals surface area (Å²) in [7, 11) is 0. The van der Waals surface area contributed by atoms with E-state index in [0.29, 0.717) is 17.9 Å². The Morgan fingerprint density at radius 1 is 1.14 bits per heavy atom. The lowest BCUT2D eigenvalue weighted by Gasteiger charge is -2.17. The number of rotatable bonds is 7. The summed E-state index contributed by atoms with van der Waals surface area (Å²) in [6, 6.07) is 11.2. The number of ether oxygens (including phenoxy) is 1. The van der Waals surface area contributed by atoms with Crippen LogP contribution in [0.1, 0.15) is 36.7 Å². The van der Waals surface area contributed by atoms with Crippen molar-refractivity contribution in [2.24, 2.45) is 0 Å². The summed E-state index contributed by atoms with van der Waals surface area (Å²) in [5.74, 6) is -0.594. The van der Waals surface area contributed by atoms with Crippen LogP contribution in [0.2, 0.25) is 0 Å². The van der Waals surface area contributed by atoms with Crippen LogP contribution in [0.5, 0.6) is 0 Å². The van der Waals surface area contributed by atoms with Gasteiger partial charge in [-0.1, -0.05) is 37.3 Å². The minimum atomic E-state index is -0.594. The number of carbonyl (C=O) groups excluding carboxylic acids is 1. The summed E-state index contributed by atoms with van der Waals surface area (Å²) < 4.78 is 6.61. The van der Waals surface area contributed by atoms with E-state index in [0.717, 1.165) is 17.5 Å². The zero-order valence-electron chi connectivity index (χ0n) is 16.8. The Labute approximate surface area is 169 Å². The van der Waals surface area contributed by atoms with Gasteiger partial charge in [0, 0.05) is 18.3 Å². The number of carbonyl (C=O) groups is 1. The van der Waals surface area contributed by atoms with Gasteiger partial charge in [0.2, 0.25) is 0 Å². The maximum absolute atomic E-state index is 13.1. The van der Waals surface area contributed by atoms with Crippen LogP contribution in [-0.2, 0) is 17.7 Å². The van der Waals surface area contributed by atoms with E-state index in [4.69, 9.17) is 4.74 Å². The van der Waals surface area contributed by atoms with Crippen molar-refractivity contribution in [3.63, 3.8) is 0 Å². The molecule has 0 aliphatic heterocycles. The third kappa shape index (κ3) is 4.18. The molecule has 0 amide bonds. The predicted molar refractivity (Wildman–Crippen MR) is 112 cm³/mol. The highest BCUT2D eigenvalue weighted by Crippen LogP contribution is 2.28. The number of aryl methyl sites for hydroxylation is 2. The van der Waals surface area contributed by atoms with Gasteiger partial charge >= 0.3 is 5.97 Å². The SMILES string of the molecule is CCOC(=O)c1c(-c2ccccc2)nn(CC)c(=O)c1Nc1cnccc1CC. The molecular weight excluding hydrogens is 368 g/mol. The molecule has 0 aliphatic carbocycles. The lowest BCUT2D eigenvalue weighted by Crippen LogP contribution is -2.29. The molecule has 0 saturated carbocycles. The molecule has 0 fully saturated rings. The maximum atomic E-state index is 13.1. The largest absolute Gasteiger partial charge is 0.462 e. The standard InChI is InChI=1S/C22H24N4O3/c1-4-15-12-13-23-14-17(15)24-20-18(22(28)29-6-3)19(16-10-8-7-9-11-16)25-26(5-2)21(20)27/h7-14,24H,4-6H2,1-3H3. The molecule has 29 heavy (non-hydrogen) atoms. The van der Waals surface area contributed by atoms with Gasteiger partial charge in [0.1, 0.15) is 16.9 Å². The fraction of sp³-hybridized carbons (Fsp3) is 0.273. The first-order valence-corrected chi connectivity index (χ1v) is 9.68. The monoisotopic (exact) mass is 392 g/mol. The Morgan fingerprint density at radius 2 is 1.90 bits per heavy atom. The first-order valence-electron chi connectivity index (χ1n) is 9.68. The number of hydrogen-bond acceptors (Lipinski definition) is 6. The van der Waals surface area contributed by atoms with E-state index in [1.807, 2.05) is 50.2 Å². The molecular formula is C22H24N4O3. The number of esters is 1. The average Bonchev–Trinajstić information content (AvgIpc) is 2.76. The molecule has 0 unspecified atom stereocenters. The molecule has 0 saturated heterocycles. The number of hydrogen-bond donors (Lipinski definition) is 1. The van der Waals surface area contributed by atoms with Gasteiger partial charge in [-0.3, -0.25) is 9.78 Å². The molecule has 1 N–H and O–H groups in total. The fourth-order valence-corrected chi connectivity index (χ4v) is 3.08. The molecule has 3 aromatic rings. The highest BCUT2D eigenvalue weighted by Gasteiger charge is 2.25. The van der Waals surface area contributed by atoms with Gasteiger partial charge < -0.3 is 10.1 Å². The van der Waals surface area contributed by atoms with E-state index in [2.05, 4.69) is 15.4 Å². The minimum absolute atomic E-state index is 0.124. The van der Waals surface area contributed by atoms with Crippen LogP contribution in [0.3, 0.4) is 0 Å². The Balaban J connectivity index is 2.30. The molecule has 2 aromatic heterocycles. The van der Waals surface area contributed by atoms with Gasteiger partial charge in [0.15, 0.2) is 0 Å². The summed E-state index contributed by atoms with van der Waals surface area (Å²) in [6.45, 7) is 6.13. The van der Waals surface area contributed by atoms with Crippen molar-refractivity contribution in [1.82, 2.24) is 14.8 Å². The first kappa shape index (κ1) is 20.3. The first-order chi connectivity index (χ1) is 14.1. The Kier molecular flexibility index (Phi) is 6.39. The maximum Gasteiger partial charge on any atom is 0.342 e. The molecule has 0 atom stereocenters. The van der Waals surface area contributed by atoms with Crippen LogP contribution in [0.25, 0.3) is 11.3 Å². The van der Waals surface area contributed by atoms with Gasteiger partial charge in [-0.15, -0.1) is 0 Å². The number of aromatic nitrogens is 3. The molecule has 150 valence electrons. The fourth-order valence-electron chi connectivity index (χ4n) is 3.08. The third-order valence-electron chi connectivity index (χ3n) is 4.53. The lowest BCUT2D eigenvalue weighted by atomic mass is 10.0. The summed E-state index contributed by atoms with van der Waals surface area (Å²) in [4.78, 5) is 30.2. The van der Waals surface area contributed by atoms with Gasteiger partial charge in [-0.25, -0.2) is 9.48 Å². The zero-order valence-corrected chi connectivity index (χ0v) is 16.8. The number of anilines is 2. The number of nitrogens with one attached hydrogen (secondary N) is 1. The molecule has 7 heteroatoms. The summed E-state index contributed by atoms with van der Waals surface area (Å²) in [5.41, 5.74) is 2.65. The van der Waals surface area contributed by atoms with Crippen LogP contribution < -0.4 is 10.9 Å². The van der Waals surface area contributed by atoms with Crippen molar-refractivity contribution in [3.8, 4) is 11.3 Å². The predicted octanol–water partition coefficient (Wildman–Crippen LogP) is 3.81. The number of benzene rings is 1. The lowest BCUT2D eigenvalue weighted by molar-refractivity contribution is 0.0527. The number of pyridine rings is 1. The highest BCUT2D eigenvalue weighted by atomic mass is 16.5. The minimum Gasteiger partial charge on any atom is -0.462 e. The van der Waals surface area contributed by atoms with Crippen molar-refractivity contribution in [1.29, 1.82) is 0 Å². The van der Waals surface area contributed by atoms with E-state index in [1.165, 1.54) is 4.68 Å². The van der Waals surface area contributed by atoms with Crippen LogP contribution in [0, 0.1) is 0 Å². The smallest absolute Gasteiger partial charge is 0.342 e. The topological polar surface area (TPSA) is 86.1 Å². The molecule has 1 aromatic carbocycles. The molecule has 7 nitrogen and oxygen atoms in total. The van der Waals surface area contributed by atoms with Crippen LogP contribution in [0.15, 0.2) is 53.6 Å². The van der Waals surface area contributed by atoms with E-state index < -0.39 is 5.97 Å². The Morgan fingerprint density at radius 3 is 2.55 bits per heavy atom. The second kappa shape index (κ2) is 9.14. The molecule has 0 aliphatic rings. The Hall–Kier alpha value is -3.48. The average molecular weight is 392 g/mol. The van der Waals surface area contributed by atoms with E-state index >= 15 is 0 Å². The summed E-state index contributed by atoms with van der Waals surface area (Å²) in [5, 5.41) is 7.60. The van der Waals surface area contributed by atoms with Gasteiger partial charge in [0.25, 0.3) is 5.56 Å². The second-order valence-electron chi connectivity index (χ2n) is 6.32. The summed E-state index contributed by atoms with van der Waals surface area (Å²) >= 11 is 0. The van der Waals surface area contributed by atoms with Crippen LogP contribution in [0.4, 0.5) is 11.4 Å². The molecule has 0 bridgehead atoms. The van der Waals surface area contributed by atoms with Crippen molar-refractivity contribution in [2.45, 2.75) is 33.7 Å². The second-order valence-corrected chi connectivity index (χ2v) is 6.32. The molecule has 0 spiro atoms. The van der Waals surface area contributed by atoms with Crippen molar-refractivity contribution in [2.75, 3.05) is 11.9 Å². The van der Waals surface area contributed by atoms with Crippen molar-refractivity contribution >= 4 is 17.3 Å². The highest BCUT2D eigenvalue weighted by molar-refractivity contribution is 6.02. The molecule has 2 heterocycles. The summed E-state index contributed by atoms with van der Waals surface area (Å²) in [6.07, 6.45) is 4.09. The Bertz CT molecular complexity index is 1060. The van der Waals surface area contributed by atoms with Crippen molar-refractivity contribution in [3.05, 3.63) is 70.3 Å². The number of nitrogens with zero attached hydrogens (tertiary/aromatic N) is 3. The molecule has 3 rings (SSSR count). The molecule has 0 radical (unpaired) electrons. The van der Waals surface area contributed by atoms with Crippen LogP contribution >= 0.6 is 0 Å². The van der Waals surface area contributed by atoms with E-state index in [-0.39, 0.29) is 23.4 Å². The quantitative estimate of drug-likeness (QED) is 0.616. The third-order valence-corrected chi connectivity index (χ3v) is 4.53. The zero-order chi connectivity index (χ0) is 20.8. The van der Waals surface area contributed by atoms with Gasteiger partial charge in [0.05, 0.1) is 18.5 Å². The van der Waals surface area contributed by atoms with E-state index in [9.17, 15) is 9.59 Å². The van der Waals surface area contributed by atoms with E-state index in [1.54, 1.807) is 19.3 Å². The van der Waals surface area contributed by atoms with Crippen LogP contribution in [-0.4, -0.2) is 27.3 Å². The van der Waals surface area contributed by atoms with Crippen molar-refractivity contribution < 1.29 is 9.53 Å². The van der Waals surface area contributed by atoms with Gasteiger partial charge in [-0.2, -0.15) is 5.10 Å². The van der Waals surface area contributed by atoms with Gasteiger partial charge in [-0.05, 0) is 31.9 Å². The normalized spacial score (nSPS) is 10.6.